The molecule has 0 fully saturated rings. The fraction of sp³-hybridized carbons (Fsp3) is 0.286. The van der Waals surface area contributed by atoms with E-state index in [0.29, 0.717) is 12.8 Å². The van der Waals surface area contributed by atoms with Crippen LogP contribution in [0.15, 0.2) is 60.8 Å². The maximum absolute atomic E-state index is 12.6. The molecule has 25 heavy (non-hydrogen) atoms. The summed E-state index contributed by atoms with van der Waals surface area (Å²) in [6, 6.07) is 18.0. The van der Waals surface area contributed by atoms with E-state index in [-0.39, 0.29) is 18.6 Å². The molecule has 4 nitrogen and oxygen atoms in total. The van der Waals surface area contributed by atoms with Crippen LogP contribution < -0.4 is 5.32 Å². The highest BCUT2D eigenvalue weighted by molar-refractivity contribution is 5.89. The van der Waals surface area contributed by atoms with Crippen LogP contribution in [0.4, 0.5) is 0 Å². The summed E-state index contributed by atoms with van der Waals surface area (Å²) in [4.78, 5) is 12.6. The van der Waals surface area contributed by atoms with E-state index in [1.807, 2.05) is 55.7 Å². The highest BCUT2D eigenvalue weighted by Gasteiger charge is 2.16. The van der Waals surface area contributed by atoms with Crippen LogP contribution in [0.2, 0.25) is 0 Å². The Morgan fingerprint density at radius 2 is 1.84 bits per heavy atom. The number of para-hydroxylation sites is 1. The Kier molecular flexibility index (Phi) is 5.51. The van der Waals surface area contributed by atoms with Gasteiger partial charge in [-0.3, -0.25) is 4.79 Å². The van der Waals surface area contributed by atoms with E-state index in [1.54, 1.807) is 0 Å². The molecule has 0 saturated heterocycles. The first kappa shape index (κ1) is 17.2. The summed E-state index contributed by atoms with van der Waals surface area (Å²) in [5, 5.41) is 13.4. The number of nitrogens with one attached hydrogen (secondary N) is 1. The first-order valence-corrected chi connectivity index (χ1v) is 8.67. The Labute approximate surface area is 148 Å². The molecule has 130 valence electrons. The Balaban J connectivity index is 1.75. The van der Waals surface area contributed by atoms with E-state index < -0.39 is 0 Å². The molecule has 1 amide bonds. The minimum absolute atomic E-state index is 0.00291. The van der Waals surface area contributed by atoms with E-state index in [4.69, 9.17) is 5.11 Å². The summed E-state index contributed by atoms with van der Waals surface area (Å²) in [6.45, 7) is 0.128. The Morgan fingerprint density at radius 1 is 1.12 bits per heavy atom. The SMILES string of the molecule is Cn1cc(CC(=O)NC(CCCO)c2ccccc2)c2ccccc21. The summed E-state index contributed by atoms with van der Waals surface area (Å²) in [5.41, 5.74) is 3.23. The smallest absolute Gasteiger partial charge is 0.224 e. The lowest BCUT2D eigenvalue weighted by Crippen LogP contribution is -2.30. The van der Waals surface area contributed by atoms with Gasteiger partial charge in [-0.2, -0.15) is 0 Å². The standard InChI is InChI=1S/C21H24N2O2/c1-23-15-17(18-10-5-6-12-20(18)23)14-21(25)22-19(11-7-13-24)16-8-3-2-4-9-16/h2-6,8-10,12,15,19,24H,7,11,13-14H2,1H3,(H,22,25). The van der Waals surface area contributed by atoms with Crippen LogP contribution in [0.3, 0.4) is 0 Å². The molecule has 4 heteroatoms. The number of rotatable bonds is 7. The Hall–Kier alpha value is -2.59. The second-order valence-electron chi connectivity index (χ2n) is 6.36. The second-order valence-corrected chi connectivity index (χ2v) is 6.36. The summed E-state index contributed by atoms with van der Waals surface area (Å²) >= 11 is 0. The van der Waals surface area contributed by atoms with Gasteiger partial charge in [0.1, 0.15) is 0 Å². The molecule has 0 aliphatic carbocycles. The minimum Gasteiger partial charge on any atom is -0.396 e. The molecule has 0 bridgehead atoms. The highest BCUT2D eigenvalue weighted by atomic mass is 16.3. The normalized spacial score (nSPS) is 12.2. The van der Waals surface area contributed by atoms with Gasteiger partial charge in [0.25, 0.3) is 0 Å². The van der Waals surface area contributed by atoms with Crippen molar-refractivity contribution in [2.24, 2.45) is 7.05 Å². The number of hydrogen-bond donors (Lipinski definition) is 2. The molecule has 0 aliphatic rings. The van der Waals surface area contributed by atoms with E-state index in [0.717, 1.165) is 28.5 Å². The van der Waals surface area contributed by atoms with Crippen LogP contribution in [0, 0.1) is 0 Å². The average molecular weight is 336 g/mol. The fourth-order valence-corrected chi connectivity index (χ4v) is 3.29. The highest BCUT2D eigenvalue weighted by Crippen LogP contribution is 2.22. The van der Waals surface area contributed by atoms with Crippen molar-refractivity contribution in [3.05, 3.63) is 71.9 Å². The Bertz CT molecular complexity index is 839. The van der Waals surface area contributed by atoms with Gasteiger partial charge in [0.2, 0.25) is 5.91 Å². The topological polar surface area (TPSA) is 54.3 Å². The van der Waals surface area contributed by atoms with Crippen molar-refractivity contribution >= 4 is 16.8 Å². The minimum atomic E-state index is -0.0733. The van der Waals surface area contributed by atoms with Gasteiger partial charge in [0.05, 0.1) is 12.5 Å². The maximum Gasteiger partial charge on any atom is 0.224 e. The predicted octanol–water partition coefficient (Wildman–Crippen LogP) is 3.35. The summed E-state index contributed by atoms with van der Waals surface area (Å²) in [7, 11) is 2.00. The molecule has 0 spiro atoms. The van der Waals surface area contributed by atoms with Crippen LogP contribution in [0.5, 0.6) is 0 Å². The van der Waals surface area contributed by atoms with Gasteiger partial charge in [0.15, 0.2) is 0 Å². The first-order valence-electron chi connectivity index (χ1n) is 8.67. The van der Waals surface area contributed by atoms with Crippen molar-refractivity contribution < 1.29 is 9.90 Å². The van der Waals surface area contributed by atoms with E-state index in [1.165, 1.54) is 0 Å². The number of carbonyl (C=O) groups excluding carboxylic acids is 1. The molecule has 1 heterocycles. The molecule has 0 radical (unpaired) electrons. The monoisotopic (exact) mass is 336 g/mol. The molecule has 3 aromatic rings. The molecular weight excluding hydrogens is 312 g/mol. The van der Waals surface area contributed by atoms with Crippen molar-refractivity contribution in [1.29, 1.82) is 0 Å². The lowest BCUT2D eigenvalue weighted by atomic mass is 10.0. The zero-order valence-corrected chi connectivity index (χ0v) is 14.5. The van der Waals surface area contributed by atoms with Crippen molar-refractivity contribution in [2.45, 2.75) is 25.3 Å². The quantitative estimate of drug-likeness (QED) is 0.695. The molecule has 0 saturated carbocycles. The molecule has 1 unspecified atom stereocenters. The van der Waals surface area contributed by atoms with Gasteiger partial charge in [-0.05, 0) is 30.0 Å². The van der Waals surface area contributed by atoms with Crippen LogP contribution in [-0.2, 0) is 18.3 Å². The van der Waals surface area contributed by atoms with E-state index >= 15 is 0 Å². The summed E-state index contributed by atoms with van der Waals surface area (Å²) in [6.07, 6.45) is 3.76. The van der Waals surface area contributed by atoms with Crippen LogP contribution in [-0.4, -0.2) is 22.2 Å². The average Bonchev–Trinajstić information content (AvgIpc) is 2.95. The lowest BCUT2D eigenvalue weighted by molar-refractivity contribution is -0.121. The van der Waals surface area contributed by atoms with Gasteiger partial charge >= 0.3 is 0 Å². The second kappa shape index (κ2) is 7.99. The number of fused-ring (bicyclic) bond motifs is 1. The molecule has 1 atom stereocenters. The fourth-order valence-electron chi connectivity index (χ4n) is 3.29. The van der Waals surface area contributed by atoms with Crippen LogP contribution in [0.1, 0.15) is 30.0 Å². The number of aryl methyl sites for hydroxylation is 1. The van der Waals surface area contributed by atoms with Gasteiger partial charge in [0, 0.05) is 30.8 Å². The van der Waals surface area contributed by atoms with Gasteiger partial charge in [-0.1, -0.05) is 48.5 Å². The molecule has 2 aromatic carbocycles. The molecular formula is C21H24N2O2. The van der Waals surface area contributed by atoms with Gasteiger partial charge < -0.3 is 15.0 Å². The van der Waals surface area contributed by atoms with Crippen LogP contribution in [0.25, 0.3) is 10.9 Å². The van der Waals surface area contributed by atoms with Crippen molar-refractivity contribution in [1.82, 2.24) is 9.88 Å². The van der Waals surface area contributed by atoms with Gasteiger partial charge in [-0.15, -0.1) is 0 Å². The summed E-state index contributed by atoms with van der Waals surface area (Å²) < 4.78 is 2.05. The first-order chi connectivity index (χ1) is 12.2. The number of amides is 1. The zero-order valence-electron chi connectivity index (χ0n) is 14.5. The van der Waals surface area contributed by atoms with Crippen molar-refractivity contribution in [2.75, 3.05) is 6.61 Å². The van der Waals surface area contributed by atoms with E-state index in [9.17, 15) is 4.79 Å². The zero-order chi connectivity index (χ0) is 17.6. The van der Waals surface area contributed by atoms with E-state index in [2.05, 4.69) is 22.0 Å². The summed E-state index contributed by atoms with van der Waals surface area (Å²) in [5.74, 6) is 0.00291. The van der Waals surface area contributed by atoms with Gasteiger partial charge in [-0.25, -0.2) is 0 Å². The molecule has 3 rings (SSSR count). The number of carbonyl (C=O) groups is 1. The molecule has 2 N–H and O–H groups in total. The number of aliphatic hydroxyl groups is 1. The third-order valence-electron chi connectivity index (χ3n) is 4.52. The number of aliphatic hydroxyl groups excluding tert-OH is 1. The molecule has 1 aromatic heterocycles. The third kappa shape index (κ3) is 4.09. The molecule has 0 aliphatic heterocycles. The maximum atomic E-state index is 12.6. The third-order valence-corrected chi connectivity index (χ3v) is 4.52. The van der Waals surface area contributed by atoms with Crippen LogP contribution >= 0.6 is 0 Å². The number of benzene rings is 2. The number of nitrogens with zero attached hydrogens (tertiary/aromatic N) is 1. The lowest BCUT2D eigenvalue weighted by Gasteiger charge is -2.19. The largest absolute Gasteiger partial charge is 0.396 e. The van der Waals surface area contributed by atoms with Crippen molar-refractivity contribution in [3.8, 4) is 0 Å². The number of aromatic nitrogens is 1. The predicted molar refractivity (Wildman–Crippen MR) is 100 cm³/mol. The number of hydrogen-bond acceptors (Lipinski definition) is 2. The Morgan fingerprint density at radius 3 is 2.60 bits per heavy atom. The van der Waals surface area contributed by atoms with Crippen molar-refractivity contribution in [3.63, 3.8) is 0 Å².